The fraction of sp³-hybridized carbons (Fsp3) is 0.750. The van der Waals surface area contributed by atoms with Gasteiger partial charge in [-0.05, 0) is 6.42 Å². The molecule has 0 bridgehead atoms. The standard InChI is InChI=1S/C12H20N4O3S/c1-11(2,3)8-15-16-10(20-8)13-9(18)14-12(6-17)4-5-19-7-12/h17H,4-7H2,1-3H3,(H2,13,14,16,18). The zero-order valence-corrected chi connectivity index (χ0v) is 12.7. The number of carbonyl (C=O) groups is 1. The predicted molar refractivity (Wildman–Crippen MR) is 76.0 cm³/mol. The molecule has 0 spiro atoms. The molecule has 112 valence electrons. The van der Waals surface area contributed by atoms with Crippen LogP contribution in [0.2, 0.25) is 0 Å². The number of nitrogens with zero attached hydrogens (tertiary/aromatic N) is 2. The number of rotatable bonds is 3. The van der Waals surface area contributed by atoms with Crippen molar-refractivity contribution in [3.05, 3.63) is 5.01 Å². The Kier molecular flexibility index (Phi) is 4.26. The minimum absolute atomic E-state index is 0.0975. The highest BCUT2D eigenvalue weighted by Gasteiger charge is 2.36. The van der Waals surface area contributed by atoms with Crippen molar-refractivity contribution in [1.29, 1.82) is 0 Å². The Morgan fingerprint density at radius 2 is 2.25 bits per heavy atom. The maximum Gasteiger partial charge on any atom is 0.321 e. The molecular formula is C12H20N4O3S. The van der Waals surface area contributed by atoms with E-state index in [2.05, 4.69) is 20.8 Å². The number of amides is 2. The fourth-order valence-corrected chi connectivity index (χ4v) is 2.61. The lowest BCUT2D eigenvalue weighted by atomic mass is 9.98. The van der Waals surface area contributed by atoms with Crippen LogP contribution in [-0.2, 0) is 10.2 Å². The summed E-state index contributed by atoms with van der Waals surface area (Å²) in [4.78, 5) is 11.9. The maximum absolute atomic E-state index is 11.9. The van der Waals surface area contributed by atoms with Crippen molar-refractivity contribution in [1.82, 2.24) is 15.5 Å². The van der Waals surface area contributed by atoms with Gasteiger partial charge in [-0.3, -0.25) is 5.32 Å². The minimum Gasteiger partial charge on any atom is -0.394 e. The first-order chi connectivity index (χ1) is 9.35. The van der Waals surface area contributed by atoms with Crippen molar-refractivity contribution < 1.29 is 14.6 Å². The number of aliphatic hydroxyl groups is 1. The SMILES string of the molecule is CC(C)(C)c1nnc(NC(=O)NC2(CO)CCOC2)s1. The number of hydrogen-bond donors (Lipinski definition) is 3. The van der Waals surface area contributed by atoms with Crippen LogP contribution in [0, 0.1) is 0 Å². The molecule has 1 atom stereocenters. The number of urea groups is 1. The molecule has 0 aliphatic carbocycles. The summed E-state index contributed by atoms with van der Waals surface area (Å²) in [5.41, 5.74) is -0.790. The number of ether oxygens (including phenoxy) is 1. The first-order valence-corrected chi connectivity index (χ1v) is 7.28. The second-order valence-corrected chi connectivity index (χ2v) is 6.96. The highest BCUT2D eigenvalue weighted by molar-refractivity contribution is 7.15. The third kappa shape index (κ3) is 3.44. The molecule has 1 aromatic rings. The van der Waals surface area contributed by atoms with Crippen LogP contribution in [0.5, 0.6) is 0 Å². The van der Waals surface area contributed by atoms with Gasteiger partial charge >= 0.3 is 6.03 Å². The Hall–Kier alpha value is -1.25. The van der Waals surface area contributed by atoms with E-state index in [4.69, 9.17) is 4.74 Å². The van der Waals surface area contributed by atoms with Crippen molar-refractivity contribution >= 4 is 22.5 Å². The van der Waals surface area contributed by atoms with E-state index < -0.39 is 11.6 Å². The molecule has 0 aromatic carbocycles. The Morgan fingerprint density at radius 3 is 2.75 bits per heavy atom. The Morgan fingerprint density at radius 1 is 1.50 bits per heavy atom. The summed E-state index contributed by atoms with van der Waals surface area (Å²) in [5.74, 6) is 0. The molecule has 0 radical (unpaired) electrons. The van der Waals surface area contributed by atoms with Gasteiger partial charge in [0, 0.05) is 12.0 Å². The fourth-order valence-electron chi connectivity index (χ4n) is 1.82. The van der Waals surface area contributed by atoms with Gasteiger partial charge in [-0.15, -0.1) is 10.2 Å². The van der Waals surface area contributed by atoms with E-state index in [-0.39, 0.29) is 12.0 Å². The molecule has 2 amide bonds. The molecule has 1 aromatic heterocycles. The van der Waals surface area contributed by atoms with Gasteiger partial charge in [-0.1, -0.05) is 32.1 Å². The molecule has 2 rings (SSSR count). The average Bonchev–Trinajstić information content (AvgIpc) is 2.98. The van der Waals surface area contributed by atoms with Crippen LogP contribution in [0.3, 0.4) is 0 Å². The summed E-state index contributed by atoms with van der Waals surface area (Å²) >= 11 is 1.34. The van der Waals surface area contributed by atoms with E-state index in [1.807, 2.05) is 20.8 Å². The van der Waals surface area contributed by atoms with Crippen molar-refractivity contribution in [3.63, 3.8) is 0 Å². The second kappa shape index (κ2) is 5.63. The van der Waals surface area contributed by atoms with Crippen LogP contribution in [-0.4, -0.2) is 46.7 Å². The highest BCUT2D eigenvalue weighted by atomic mass is 32.1. The van der Waals surface area contributed by atoms with Crippen LogP contribution in [0.1, 0.15) is 32.2 Å². The van der Waals surface area contributed by atoms with Crippen LogP contribution >= 0.6 is 11.3 Å². The number of aromatic nitrogens is 2. The number of carbonyl (C=O) groups excluding carboxylic acids is 1. The van der Waals surface area contributed by atoms with Gasteiger partial charge in [0.1, 0.15) is 5.01 Å². The van der Waals surface area contributed by atoms with E-state index >= 15 is 0 Å². The number of nitrogens with one attached hydrogen (secondary N) is 2. The quantitative estimate of drug-likeness (QED) is 0.777. The first kappa shape index (κ1) is 15.1. The lowest BCUT2D eigenvalue weighted by molar-refractivity contribution is 0.126. The van der Waals surface area contributed by atoms with Crippen LogP contribution < -0.4 is 10.6 Å². The summed E-state index contributed by atoms with van der Waals surface area (Å²) in [6, 6.07) is -0.402. The summed E-state index contributed by atoms with van der Waals surface area (Å²) < 4.78 is 5.22. The minimum atomic E-state index is -0.693. The molecule has 8 heteroatoms. The monoisotopic (exact) mass is 300 g/mol. The predicted octanol–water partition coefficient (Wildman–Crippen LogP) is 1.11. The molecule has 1 saturated heterocycles. The van der Waals surface area contributed by atoms with Gasteiger partial charge in [0.25, 0.3) is 0 Å². The average molecular weight is 300 g/mol. The summed E-state index contributed by atoms with van der Waals surface area (Å²) in [7, 11) is 0. The lowest BCUT2D eigenvalue weighted by Gasteiger charge is -2.25. The molecule has 2 heterocycles. The van der Waals surface area contributed by atoms with Crippen molar-refractivity contribution in [3.8, 4) is 0 Å². The van der Waals surface area contributed by atoms with Gasteiger partial charge in [-0.2, -0.15) is 0 Å². The van der Waals surface area contributed by atoms with Gasteiger partial charge < -0.3 is 15.2 Å². The van der Waals surface area contributed by atoms with E-state index in [1.165, 1.54) is 11.3 Å². The number of hydrogen-bond acceptors (Lipinski definition) is 6. The zero-order valence-electron chi connectivity index (χ0n) is 11.9. The van der Waals surface area contributed by atoms with Crippen molar-refractivity contribution in [2.45, 2.75) is 38.1 Å². The maximum atomic E-state index is 11.9. The Bertz CT molecular complexity index is 477. The molecule has 0 saturated carbocycles. The van der Waals surface area contributed by atoms with Gasteiger partial charge in [0.05, 0.1) is 18.8 Å². The largest absolute Gasteiger partial charge is 0.394 e. The molecule has 7 nitrogen and oxygen atoms in total. The molecule has 1 fully saturated rings. The zero-order chi connectivity index (χ0) is 14.8. The van der Waals surface area contributed by atoms with Crippen LogP contribution in [0.4, 0.5) is 9.93 Å². The van der Waals surface area contributed by atoms with E-state index in [9.17, 15) is 9.90 Å². The molecule has 20 heavy (non-hydrogen) atoms. The summed E-state index contributed by atoms with van der Waals surface area (Å²) in [6.07, 6.45) is 0.598. The van der Waals surface area contributed by atoms with Crippen LogP contribution in [0.25, 0.3) is 0 Å². The normalized spacial score (nSPS) is 22.8. The van der Waals surface area contributed by atoms with Crippen molar-refractivity contribution in [2.24, 2.45) is 0 Å². The van der Waals surface area contributed by atoms with Gasteiger partial charge in [-0.25, -0.2) is 4.79 Å². The van der Waals surface area contributed by atoms with E-state index in [1.54, 1.807) is 0 Å². The molecular weight excluding hydrogens is 280 g/mol. The topological polar surface area (TPSA) is 96.4 Å². The number of anilines is 1. The lowest BCUT2D eigenvalue weighted by Crippen LogP contribution is -2.53. The number of aliphatic hydroxyl groups excluding tert-OH is 1. The van der Waals surface area contributed by atoms with E-state index in [0.29, 0.717) is 24.8 Å². The Balaban J connectivity index is 1.96. The Labute approximate surface area is 121 Å². The smallest absolute Gasteiger partial charge is 0.321 e. The third-order valence-electron chi connectivity index (χ3n) is 3.07. The first-order valence-electron chi connectivity index (χ1n) is 6.46. The van der Waals surface area contributed by atoms with Crippen LogP contribution in [0.15, 0.2) is 0 Å². The van der Waals surface area contributed by atoms with Gasteiger partial charge in [0.2, 0.25) is 5.13 Å². The molecule has 1 unspecified atom stereocenters. The van der Waals surface area contributed by atoms with Crippen molar-refractivity contribution in [2.75, 3.05) is 25.1 Å². The molecule has 3 N–H and O–H groups in total. The molecule has 1 aliphatic rings. The summed E-state index contributed by atoms with van der Waals surface area (Å²) in [6.45, 7) is 6.81. The van der Waals surface area contributed by atoms with Gasteiger partial charge in [0.15, 0.2) is 0 Å². The summed E-state index contributed by atoms with van der Waals surface area (Å²) in [5, 5.41) is 24.1. The third-order valence-corrected chi connectivity index (χ3v) is 4.34. The molecule has 1 aliphatic heterocycles. The van der Waals surface area contributed by atoms with E-state index in [0.717, 1.165) is 5.01 Å². The highest BCUT2D eigenvalue weighted by Crippen LogP contribution is 2.27. The second-order valence-electron chi connectivity index (χ2n) is 5.98.